The molecule has 0 aliphatic rings. The number of carboxylic acid groups (broad SMARTS) is 1. The molecule has 0 spiro atoms. The molecule has 1 aromatic heterocycles. The smallest absolute Gasteiger partial charge is 0.325 e. The Balaban J connectivity index is 1.90. The molecule has 0 bridgehead atoms. The average molecular weight is 361 g/mol. The maximum absolute atomic E-state index is 12.1. The first-order chi connectivity index (χ1) is 12.5. The molecule has 0 atom stereocenters. The molecular weight excluding hydrogens is 338 g/mol. The van der Waals surface area contributed by atoms with Crippen LogP contribution in [0.2, 0.25) is 0 Å². The molecule has 0 saturated heterocycles. The van der Waals surface area contributed by atoms with Crippen LogP contribution >= 0.6 is 0 Å². The van der Waals surface area contributed by atoms with E-state index in [1.807, 2.05) is 32.0 Å². The fourth-order valence-electron chi connectivity index (χ4n) is 2.37. The summed E-state index contributed by atoms with van der Waals surface area (Å²) < 4.78 is 12.3. The average Bonchev–Trinajstić information content (AvgIpc) is 3.05. The summed E-state index contributed by atoms with van der Waals surface area (Å²) >= 11 is 0. The summed E-state index contributed by atoms with van der Waals surface area (Å²) in [6.07, 6.45) is 2.08. The van der Waals surface area contributed by atoms with Crippen molar-refractivity contribution < 1.29 is 24.2 Å². The number of ether oxygens (including phenoxy) is 2. The predicted molar refractivity (Wildman–Crippen MR) is 94.7 cm³/mol. The van der Waals surface area contributed by atoms with Crippen molar-refractivity contribution in [1.82, 2.24) is 15.1 Å². The van der Waals surface area contributed by atoms with Crippen LogP contribution in [0.5, 0.6) is 11.5 Å². The van der Waals surface area contributed by atoms with Crippen LogP contribution in [-0.2, 0) is 17.8 Å². The van der Waals surface area contributed by atoms with Crippen molar-refractivity contribution in [3.63, 3.8) is 0 Å². The highest BCUT2D eigenvalue weighted by Crippen LogP contribution is 2.28. The zero-order valence-corrected chi connectivity index (χ0v) is 14.9. The fourth-order valence-corrected chi connectivity index (χ4v) is 2.37. The fraction of sp³-hybridized carbons (Fsp3) is 0.389. The van der Waals surface area contributed by atoms with Crippen molar-refractivity contribution in [1.29, 1.82) is 0 Å². The van der Waals surface area contributed by atoms with Gasteiger partial charge in [-0.1, -0.05) is 6.07 Å². The Morgan fingerprint density at radius 1 is 1.15 bits per heavy atom. The van der Waals surface area contributed by atoms with Gasteiger partial charge in [0.05, 0.1) is 13.2 Å². The Bertz CT molecular complexity index is 757. The number of carbonyl (C=O) groups is 2. The number of nitrogens with zero attached hydrogens (tertiary/aromatic N) is 2. The van der Waals surface area contributed by atoms with E-state index >= 15 is 0 Å². The van der Waals surface area contributed by atoms with Crippen LogP contribution in [0.25, 0.3) is 0 Å². The number of aromatic nitrogens is 2. The van der Waals surface area contributed by atoms with Crippen molar-refractivity contribution in [2.45, 2.75) is 26.8 Å². The zero-order valence-electron chi connectivity index (χ0n) is 14.9. The van der Waals surface area contributed by atoms with E-state index in [1.165, 1.54) is 16.9 Å². The molecule has 1 aromatic carbocycles. The van der Waals surface area contributed by atoms with Crippen molar-refractivity contribution in [3.8, 4) is 11.5 Å². The summed E-state index contributed by atoms with van der Waals surface area (Å²) in [6, 6.07) is 7.19. The molecule has 0 fully saturated rings. The van der Waals surface area contributed by atoms with Crippen LogP contribution in [0.4, 0.5) is 0 Å². The predicted octanol–water partition coefficient (Wildman–Crippen LogP) is 1.74. The SMILES string of the molecule is CCOc1ccc(CCNC(=O)c2ccn(CC(=O)O)n2)cc1OCC. The summed E-state index contributed by atoms with van der Waals surface area (Å²) in [5.74, 6) is 0.0301. The van der Waals surface area contributed by atoms with Gasteiger partial charge in [0.1, 0.15) is 12.2 Å². The van der Waals surface area contributed by atoms with E-state index in [2.05, 4.69) is 10.4 Å². The van der Waals surface area contributed by atoms with Gasteiger partial charge in [0.2, 0.25) is 0 Å². The quantitative estimate of drug-likeness (QED) is 0.668. The molecule has 0 radical (unpaired) electrons. The van der Waals surface area contributed by atoms with Gasteiger partial charge >= 0.3 is 5.97 Å². The second-order valence-electron chi connectivity index (χ2n) is 5.45. The first kappa shape index (κ1) is 19.3. The van der Waals surface area contributed by atoms with Crippen LogP contribution in [0.3, 0.4) is 0 Å². The van der Waals surface area contributed by atoms with E-state index in [-0.39, 0.29) is 18.1 Å². The molecule has 0 aliphatic carbocycles. The molecule has 8 heteroatoms. The van der Waals surface area contributed by atoms with Crippen LogP contribution in [0.1, 0.15) is 29.9 Å². The maximum atomic E-state index is 12.1. The summed E-state index contributed by atoms with van der Waals surface area (Å²) in [5.41, 5.74) is 1.20. The number of nitrogens with one attached hydrogen (secondary N) is 1. The van der Waals surface area contributed by atoms with E-state index in [4.69, 9.17) is 14.6 Å². The Kier molecular flexibility index (Phi) is 7.02. The van der Waals surface area contributed by atoms with Crippen molar-refractivity contribution in [2.24, 2.45) is 0 Å². The molecule has 8 nitrogen and oxygen atoms in total. The van der Waals surface area contributed by atoms with Crippen molar-refractivity contribution >= 4 is 11.9 Å². The van der Waals surface area contributed by atoms with Crippen LogP contribution in [0, 0.1) is 0 Å². The summed E-state index contributed by atoms with van der Waals surface area (Å²) in [4.78, 5) is 22.7. The van der Waals surface area contributed by atoms with E-state index in [0.29, 0.717) is 37.7 Å². The Hall–Kier alpha value is -3.03. The van der Waals surface area contributed by atoms with Gasteiger partial charge in [-0.25, -0.2) is 0 Å². The zero-order chi connectivity index (χ0) is 18.9. The number of aliphatic carboxylic acids is 1. The second-order valence-corrected chi connectivity index (χ2v) is 5.45. The standard InChI is InChI=1S/C18H23N3O5/c1-3-25-15-6-5-13(11-16(15)26-4-2)7-9-19-18(24)14-8-10-21(20-14)12-17(22)23/h5-6,8,10-11H,3-4,7,9,12H2,1-2H3,(H,19,24)(H,22,23). The normalized spacial score (nSPS) is 10.4. The first-order valence-electron chi connectivity index (χ1n) is 8.45. The van der Waals surface area contributed by atoms with E-state index in [9.17, 15) is 9.59 Å². The molecular formula is C18H23N3O5. The van der Waals surface area contributed by atoms with E-state index in [0.717, 1.165) is 5.56 Å². The van der Waals surface area contributed by atoms with Gasteiger partial charge in [0, 0.05) is 12.7 Å². The minimum atomic E-state index is -1.01. The van der Waals surface area contributed by atoms with Crippen LogP contribution in [0.15, 0.2) is 30.5 Å². The van der Waals surface area contributed by atoms with Crippen LogP contribution in [-0.4, -0.2) is 46.5 Å². The number of benzene rings is 1. The van der Waals surface area contributed by atoms with Gasteiger partial charge in [-0.05, 0) is 44.0 Å². The summed E-state index contributed by atoms with van der Waals surface area (Å²) in [6.45, 7) is 5.07. The van der Waals surface area contributed by atoms with Gasteiger partial charge < -0.3 is 19.9 Å². The lowest BCUT2D eigenvalue weighted by Gasteiger charge is -2.12. The molecule has 1 amide bonds. The molecule has 0 unspecified atom stereocenters. The third-order valence-electron chi connectivity index (χ3n) is 3.48. The van der Waals surface area contributed by atoms with Gasteiger partial charge in [-0.2, -0.15) is 5.10 Å². The highest BCUT2D eigenvalue weighted by molar-refractivity contribution is 5.92. The minimum Gasteiger partial charge on any atom is -0.490 e. The van der Waals surface area contributed by atoms with Crippen LogP contribution < -0.4 is 14.8 Å². The number of amides is 1. The lowest BCUT2D eigenvalue weighted by Crippen LogP contribution is -2.26. The molecule has 2 rings (SSSR count). The molecule has 0 aliphatic heterocycles. The lowest BCUT2D eigenvalue weighted by molar-refractivity contribution is -0.137. The van der Waals surface area contributed by atoms with Gasteiger partial charge in [-0.15, -0.1) is 0 Å². The van der Waals surface area contributed by atoms with E-state index < -0.39 is 5.97 Å². The van der Waals surface area contributed by atoms with Gasteiger partial charge in [-0.3, -0.25) is 14.3 Å². The molecule has 26 heavy (non-hydrogen) atoms. The maximum Gasteiger partial charge on any atom is 0.325 e. The summed E-state index contributed by atoms with van der Waals surface area (Å²) in [5, 5.41) is 15.4. The number of carbonyl (C=O) groups excluding carboxylic acids is 1. The van der Waals surface area contributed by atoms with Gasteiger partial charge in [0.25, 0.3) is 5.91 Å². The highest BCUT2D eigenvalue weighted by Gasteiger charge is 2.11. The highest BCUT2D eigenvalue weighted by atomic mass is 16.5. The third kappa shape index (κ3) is 5.51. The number of hydrogen-bond acceptors (Lipinski definition) is 5. The van der Waals surface area contributed by atoms with Crippen molar-refractivity contribution in [3.05, 3.63) is 41.7 Å². The van der Waals surface area contributed by atoms with Gasteiger partial charge in [0.15, 0.2) is 11.5 Å². The monoisotopic (exact) mass is 361 g/mol. The third-order valence-corrected chi connectivity index (χ3v) is 3.48. The molecule has 2 aromatic rings. The van der Waals surface area contributed by atoms with Crippen molar-refractivity contribution in [2.75, 3.05) is 19.8 Å². The minimum absolute atomic E-state index is 0.188. The molecule has 2 N–H and O–H groups in total. The Labute approximate surface area is 151 Å². The van der Waals surface area contributed by atoms with E-state index in [1.54, 1.807) is 0 Å². The number of carboxylic acids is 1. The lowest BCUT2D eigenvalue weighted by atomic mass is 10.1. The number of hydrogen-bond donors (Lipinski definition) is 2. The molecule has 1 heterocycles. The molecule has 0 saturated carbocycles. The second kappa shape index (κ2) is 9.45. The molecule has 140 valence electrons. The first-order valence-corrected chi connectivity index (χ1v) is 8.45. The topological polar surface area (TPSA) is 103 Å². The Morgan fingerprint density at radius 2 is 1.88 bits per heavy atom. The largest absolute Gasteiger partial charge is 0.490 e. The summed E-state index contributed by atoms with van der Waals surface area (Å²) in [7, 11) is 0. The Morgan fingerprint density at radius 3 is 2.58 bits per heavy atom. The number of rotatable bonds is 10.